The zero-order chi connectivity index (χ0) is 20.1. The van der Waals surface area contributed by atoms with Gasteiger partial charge in [-0.3, -0.25) is 19.4 Å². The molecule has 0 bridgehead atoms. The number of hydrogen-bond acceptors (Lipinski definition) is 7. The zero-order valence-corrected chi connectivity index (χ0v) is 17.5. The maximum absolute atomic E-state index is 12.7. The van der Waals surface area contributed by atoms with Crippen LogP contribution in [0.4, 0.5) is 0 Å². The highest BCUT2D eigenvalue weighted by Crippen LogP contribution is 2.18. The van der Waals surface area contributed by atoms with Gasteiger partial charge in [0.05, 0.1) is 37.8 Å². The van der Waals surface area contributed by atoms with Gasteiger partial charge < -0.3 is 14.5 Å². The van der Waals surface area contributed by atoms with Crippen LogP contribution in [0.5, 0.6) is 0 Å². The lowest BCUT2D eigenvalue weighted by Gasteiger charge is -2.37. The summed E-state index contributed by atoms with van der Waals surface area (Å²) in [6.07, 6.45) is 0.533. The van der Waals surface area contributed by atoms with Gasteiger partial charge in [-0.05, 0) is 13.3 Å². The molecule has 0 aliphatic carbocycles. The molecule has 2 amide bonds. The number of ether oxygens (including phenoxy) is 1. The van der Waals surface area contributed by atoms with Crippen molar-refractivity contribution in [2.45, 2.75) is 19.4 Å². The van der Waals surface area contributed by atoms with Crippen molar-refractivity contribution in [2.75, 3.05) is 83.6 Å². The van der Waals surface area contributed by atoms with Crippen LogP contribution >= 0.6 is 0 Å². The van der Waals surface area contributed by atoms with E-state index in [2.05, 4.69) is 9.80 Å². The average Bonchev–Trinajstić information content (AvgIpc) is 3.03. The normalized spacial score (nSPS) is 26.3. The van der Waals surface area contributed by atoms with Crippen LogP contribution in [0.3, 0.4) is 0 Å². The number of sulfone groups is 1. The third-order valence-corrected chi connectivity index (χ3v) is 7.61. The zero-order valence-electron chi connectivity index (χ0n) is 16.7. The molecule has 0 N–H and O–H groups in total. The van der Waals surface area contributed by atoms with Crippen molar-refractivity contribution >= 4 is 21.7 Å². The lowest BCUT2D eigenvalue weighted by atomic mass is 10.2. The number of morpholine rings is 1. The molecule has 160 valence electrons. The molecule has 3 fully saturated rings. The number of hydrogen-bond donors (Lipinski definition) is 0. The van der Waals surface area contributed by atoms with Gasteiger partial charge in [-0.2, -0.15) is 0 Å². The van der Waals surface area contributed by atoms with Crippen LogP contribution in [0.2, 0.25) is 0 Å². The van der Waals surface area contributed by atoms with Crippen LogP contribution in [-0.4, -0.2) is 129 Å². The fraction of sp³-hybridized carbons (Fsp3) is 0.889. The van der Waals surface area contributed by atoms with E-state index in [1.807, 2.05) is 11.8 Å². The maximum atomic E-state index is 12.7. The Hall–Kier alpha value is -1.23. The summed E-state index contributed by atoms with van der Waals surface area (Å²) in [5.74, 6) is 0.374. The summed E-state index contributed by atoms with van der Waals surface area (Å²) in [4.78, 5) is 33.0. The second-order valence-electron chi connectivity index (χ2n) is 7.78. The SMILES string of the molecule is CCN(C(=O)CN1CCN(C(=O)CN2CCOCC2)CC1)C1CCS(=O)(=O)C1. The summed E-state index contributed by atoms with van der Waals surface area (Å²) in [5, 5.41) is 0. The number of amides is 2. The van der Waals surface area contributed by atoms with E-state index in [1.165, 1.54) is 0 Å². The summed E-state index contributed by atoms with van der Waals surface area (Å²) in [6, 6.07) is -0.195. The molecular formula is C18H32N4O5S. The Morgan fingerprint density at radius 1 is 1.00 bits per heavy atom. The van der Waals surface area contributed by atoms with Gasteiger partial charge in [-0.15, -0.1) is 0 Å². The first-order valence-electron chi connectivity index (χ1n) is 10.2. The summed E-state index contributed by atoms with van der Waals surface area (Å²) >= 11 is 0. The molecule has 0 radical (unpaired) electrons. The molecule has 3 saturated heterocycles. The molecule has 9 nitrogen and oxygen atoms in total. The predicted octanol–water partition coefficient (Wildman–Crippen LogP) is -1.50. The van der Waals surface area contributed by atoms with Crippen molar-refractivity contribution in [2.24, 2.45) is 0 Å². The van der Waals surface area contributed by atoms with Crippen LogP contribution in [0.15, 0.2) is 0 Å². The van der Waals surface area contributed by atoms with Crippen molar-refractivity contribution in [1.29, 1.82) is 0 Å². The quantitative estimate of drug-likeness (QED) is 0.520. The van der Waals surface area contributed by atoms with E-state index in [9.17, 15) is 18.0 Å². The van der Waals surface area contributed by atoms with Gasteiger partial charge >= 0.3 is 0 Å². The second kappa shape index (κ2) is 9.51. The van der Waals surface area contributed by atoms with Gasteiger partial charge in [0.1, 0.15) is 0 Å². The topological polar surface area (TPSA) is 90.5 Å². The smallest absolute Gasteiger partial charge is 0.237 e. The van der Waals surface area contributed by atoms with Gasteiger partial charge in [-0.25, -0.2) is 8.42 Å². The highest BCUT2D eigenvalue weighted by atomic mass is 32.2. The molecule has 3 aliphatic heterocycles. The van der Waals surface area contributed by atoms with E-state index in [1.54, 1.807) is 4.90 Å². The standard InChI is InChI=1S/C18H32N4O5S/c1-2-22(16-3-12-28(25,26)15-16)18(24)14-19-4-6-21(7-5-19)17(23)13-20-8-10-27-11-9-20/h16H,2-15H2,1H3. The molecule has 0 spiro atoms. The van der Waals surface area contributed by atoms with E-state index < -0.39 is 9.84 Å². The number of piperazine rings is 1. The Morgan fingerprint density at radius 2 is 1.64 bits per heavy atom. The van der Waals surface area contributed by atoms with E-state index in [-0.39, 0.29) is 35.9 Å². The Bertz CT molecular complexity index is 657. The molecule has 3 heterocycles. The van der Waals surface area contributed by atoms with Gasteiger partial charge in [0.15, 0.2) is 9.84 Å². The Balaban J connectivity index is 1.43. The van der Waals surface area contributed by atoms with Gasteiger partial charge in [0, 0.05) is 51.9 Å². The predicted molar refractivity (Wildman–Crippen MR) is 105 cm³/mol. The van der Waals surface area contributed by atoms with Gasteiger partial charge in [-0.1, -0.05) is 0 Å². The van der Waals surface area contributed by atoms with Crippen molar-refractivity contribution in [3.8, 4) is 0 Å². The molecule has 28 heavy (non-hydrogen) atoms. The third-order valence-electron chi connectivity index (χ3n) is 5.86. The second-order valence-corrected chi connectivity index (χ2v) is 10.0. The van der Waals surface area contributed by atoms with Crippen LogP contribution in [-0.2, 0) is 24.2 Å². The number of carbonyl (C=O) groups excluding carboxylic acids is 2. The first-order valence-corrected chi connectivity index (χ1v) is 12.0. The summed E-state index contributed by atoms with van der Waals surface area (Å²) in [5.41, 5.74) is 0. The van der Waals surface area contributed by atoms with E-state index in [4.69, 9.17) is 4.74 Å². The third kappa shape index (κ3) is 5.65. The first-order chi connectivity index (χ1) is 13.4. The van der Waals surface area contributed by atoms with E-state index >= 15 is 0 Å². The Morgan fingerprint density at radius 3 is 2.21 bits per heavy atom. The van der Waals surface area contributed by atoms with Crippen LogP contribution in [0, 0.1) is 0 Å². The maximum Gasteiger partial charge on any atom is 0.237 e. The lowest BCUT2D eigenvalue weighted by molar-refractivity contribution is -0.137. The fourth-order valence-electron chi connectivity index (χ4n) is 4.15. The Kier molecular flexibility index (Phi) is 7.30. The Labute approximate surface area is 167 Å². The number of carbonyl (C=O) groups is 2. The minimum atomic E-state index is -3.01. The fourth-order valence-corrected chi connectivity index (χ4v) is 5.88. The van der Waals surface area contributed by atoms with Crippen LogP contribution in [0.1, 0.15) is 13.3 Å². The van der Waals surface area contributed by atoms with Crippen molar-refractivity contribution < 1.29 is 22.7 Å². The molecule has 0 saturated carbocycles. The molecule has 10 heteroatoms. The summed E-state index contributed by atoms with van der Waals surface area (Å²) < 4.78 is 28.8. The largest absolute Gasteiger partial charge is 0.379 e. The highest BCUT2D eigenvalue weighted by molar-refractivity contribution is 7.91. The summed E-state index contributed by atoms with van der Waals surface area (Å²) in [7, 11) is -3.01. The highest BCUT2D eigenvalue weighted by Gasteiger charge is 2.34. The molecule has 3 aliphatic rings. The molecule has 0 aromatic carbocycles. The number of likely N-dealkylation sites (N-methyl/N-ethyl adjacent to an activating group) is 1. The van der Waals surface area contributed by atoms with Crippen molar-refractivity contribution in [3.63, 3.8) is 0 Å². The average molecular weight is 417 g/mol. The number of nitrogens with zero attached hydrogens (tertiary/aromatic N) is 4. The van der Waals surface area contributed by atoms with Crippen LogP contribution < -0.4 is 0 Å². The molecule has 1 unspecified atom stereocenters. The van der Waals surface area contributed by atoms with E-state index in [0.29, 0.717) is 58.9 Å². The van der Waals surface area contributed by atoms with Gasteiger partial charge in [0.2, 0.25) is 11.8 Å². The molecule has 0 aromatic rings. The summed E-state index contributed by atoms with van der Waals surface area (Å²) in [6.45, 7) is 8.68. The van der Waals surface area contributed by atoms with Crippen molar-refractivity contribution in [1.82, 2.24) is 19.6 Å². The molecular weight excluding hydrogens is 384 g/mol. The molecule has 3 rings (SSSR count). The molecule has 1 atom stereocenters. The monoisotopic (exact) mass is 416 g/mol. The minimum absolute atomic E-state index is 0.0160. The van der Waals surface area contributed by atoms with Crippen LogP contribution in [0.25, 0.3) is 0 Å². The number of rotatable bonds is 6. The van der Waals surface area contributed by atoms with E-state index in [0.717, 1.165) is 13.1 Å². The molecule has 0 aromatic heterocycles. The van der Waals surface area contributed by atoms with Gasteiger partial charge in [0.25, 0.3) is 0 Å². The minimum Gasteiger partial charge on any atom is -0.379 e. The lowest BCUT2D eigenvalue weighted by Crippen LogP contribution is -2.54. The first kappa shape index (κ1) is 21.5. The van der Waals surface area contributed by atoms with Crippen molar-refractivity contribution in [3.05, 3.63) is 0 Å².